The molecule has 2 heterocycles. The Hall–Kier alpha value is -2.15. The molecule has 286 valence electrons. The van der Waals surface area contributed by atoms with Crippen LogP contribution in [0, 0.1) is 34.5 Å². The molecule has 3 amide bonds. The van der Waals surface area contributed by atoms with Crippen molar-refractivity contribution < 1.29 is 38.1 Å². The number of ketones is 1. The number of carbonyl (C=O) groups excluding carboxylic acids is 4. The predicted octanol–water partition coefficient (Wildman–Crippen LogP) is 4.96. The fourth-order valence-corrected chi connectivity index (χ4v) is 12.1. The van der Waals surface area contributed by atoms with Gasteiger partial charge in [0.15, 0.2) is 0 Å². The normalized spacial score (nSPS) is 34.7. The highest BCUT2D eigenvalue weighted by Gasteiger charge is 2.61. The monoisotopic (exact) mass is 731 g/mol. The van der Waals surface area contributed by atoms with E-state index in [1.54, 1.807) is 0 Å². The fourth-order valence-electron chi connectivity index (χ4n) is 10.5. The first-order chi connectivity index (χ1) is 24.5. The van der Waals surface area contributed by atoms with Crippen LogP contribution in [0.3, 0.4) is 0 Å². The Morgan fingerprint density at radius 2 is 1.69 bits per heavy atom. The number of esters is 1. The number of nitrogens with one attached hydrogen (secondary N) is 3. The summed E-state index contributed by atoms with van der Waals surface area (Å²) >= 11 is 1.87. The average Bonchev–Trinajstić information content (AvgIpc) is 3.68. The van der Waals surface area contributed by atoms with E-state index in [0.29, 0.717) is 57.2 Å². The fraction of sp³-hybridized carbons (Fsp3) is 0.846. The standard InChI is InChI=1S/C39H61N3O8S/c1-24-26-22-25-10-11-29-38(2,3)13-6-14-39(29,4)33(25)32(35(24)45)36(26)50-31(44)12-17-48-19-21-49-20-18-47-16-7-15-40-30(43)9-5-8-28-34-27(23-51-28)41-37(46)42-34/h24,26-29,32,34,36H,5-23H2,1-4H3,(H,40,43)(H2,41,42,46)/t24?,26-,27-,28-,29-,32+,34-,36-,39-/m0/s1. The lowest BCUT2D eigenvalue weighted by Crippen LogP contribution is -2.50. The maximum absolute atomic E-state index is 13.7. The van der Waals surface area contributed by atoms with Gasteiger partial charge in [0.25, 0.3) is 0 Å². The molecule has 0 radical (unpaired) electrons. The van der Waals surface area contributed by atoms with Crippen LogP contribution in [0.1, 0.15) is 98.3 Å². The molecule has 0 aromatic rings. The summed E-state index contributed by atoms with van der Waals surface area (Å²) in [5.74, 6) is 1.26. The van der Waals surface area contributed by atoms with Crippen LogP contribution in [-0.4, -0.2) is 99.1 Å². The molecule has 6 aliphatic rings. The van der Waals surface area contributed by atoms with Crippen molar-refractivity contribution in [1.82, 2.24) is 16.0 Å². The second-order valence-corrected chi connectivity index (χ2v) is 17.9. The van der Waals surface area contributed by atoms with E-state index in [0.717, 1.165) is 44.3 Å². The first kappa shape index (κ1) is 38.6. The SMILES string of the molecule is CC1C(=O)[C@H]2C3=C(CC[C@H]4C(C)(C)CCC[C@]34C)C[C@@H]1[C@@H]2OC(=O)CCOCCOCCOCCCNC(=O)CCC[C@@H]1SC[C@@H]2NC(=O)N[C@@H]21. The quantitative estimate of drug-likeness (QED) is 0.0773. The van der Waals surface area contributed by atoms with Crippen molar-refractivity contribution >= 4 is 35.5 Å². The van der Waals surface area contributed by atoms with Gasteiger partial charge in [0.05, 0.1) is 57.5 Å². The van der Waals surface area contributed by atoms with Crippen molar-refractivity contribution in [2.24, 2.45) is 34.5 Å². The van der Waals surface area contributed by atoms with E-state index in [9.17, 15) is 19.2 Å². The van der Waals surface area contributed by atoms with Gasteiger partial charge in [-0.3, -0.25) is 14.4 Å². The van der Waals surface area contributed by atoms with Gasteiger partial charge in [-0.05, 0) is 68.1 Å². The molecule has 2 bridgehead atoms. The van der Waals surface area contributed by atoms with E-state index < -0.39 is 0 Å². The van der Waals surface area contributed by atoms with E-state index in [2.05, 4.69) is 36.7 Å². The first-order valence-electron chi connectivity index (χ1n) is 19.6. The van der Waals surface area contributed by atoms with E-state index >= 15 is 0 Å². The molecule has 0 aromatic heterocycles. The van der Waals surface area contributed by atoms with Crippen molar-refractivity contribution in [3.63, 3.8) is 0 Å². The third kappa shape index (κ3) is 8.65. The summed E-state index contributed by atoms with van der Waals surface area (Å²) in [6.45, 7) is 12.3. The Morgan fingerprint density at radius 3 is 2.47 bits per heavy atom. The number of hydrogen-bond acceptors (Lipinski definition) is 9. The van der Waals surface area contributed by atoms with Crippen molar-refractivity contribution in [1.29, 1.82) is 0 Å². The van der Waals surface area contributed by atoms with Crippen molar-refractivity contribution in [3.8, 4) is 0 Å². The van der Waals surface area contributed by atoms with E-state index in [4.69, 9.17) is 18.9 Å². The minimum absolute atomic E-state index is 0.0110. The van der Waals surface area contributed by atoms with Crippen molar-refractivity contribution in [2.75, 3.05) is 51.9 Å². The van der Waals surface area contributed by atoms with Gasteiger partial charge >= 0.3 is 12.0 Å². The number of thioether (sulfide) groups is 1. The van der Waals surface area contributed by atoms with Crippen LogP contribution < -0.4 is 16.0 Å². The Kier molecular flexibility index (Phi) is 12.8. The van der Waals surface area contributed by atoms with Gasteiger partial charge in [-0.2, -0.15) is 11.8 Å². The molecule has 6 rings (SSSR count). The molecule has 4 aliphatic carbocycles. The summed E-state index contributed by atoms with van der Waals surface area (Å²) in [5, 5.41) is 9.26. The Labute approximate surface area is 308 Å². The van der Waals surface area contributed by atoms with Crippen LogP contribution in [0.15, 0.2) is 11.1 Å². The number of amides is 3. The van der Waals surface area contributed by atoms with Gasteiger partial charge in [0.2, 0.25) is 5.91 Å². The molecular formula is C39H61N3O8S. The highest BCUT2D eigenvalue weighted by Crippen LogP contribution is 2.65. The summed E-state index contributed by atoms with van der Waals surface area (Å²) in [6, 6.07) is 0.318. The topological polar surface area (TPSA) is 141 Å². The summed E-state index contributed by atoms with van der Waals surface area (Å²) < 4.78 is 23.0. The predicted molar refractivity (Wildman–Crippen MR) is 195 cm³/mol. The van der Waals surface area contributed by atoms with E-state index in [1.807, 2.05) is 18.7 Å². The molecule has 12 heteroatoms. The van der Waals surface area contributed by atoms with Crippen LogP contribution in [0.4, 0.5) is 4.79 Å². The third-order valence-electron chi connectivity index (χ3n) is 13.0. The lowest BCUT2D eigenvalue weighted by atomic mass is 9.47. The Bertz CT molecular complexity index is 1320. The molecule has 3 N–H and O–H groups in total. The Morgan fingerprint density at radius 1 is 0.941 bits per heavy atom. The number of carbonyl (C=O) groups is 4. The summed E-state index contributed by atoms with van der Waals surface area (Å²) in [7, 11) is 0. The lowest BCUT2D eigenvalue weighted by Gasteiger charge is -2.57. The molecule has 9 atom stereocenters. The number of fused-ring (bicyclic) bond motifs is 6. The highest BCUT2D eigenvalue weighted by molar-refractivity contribution is 8.00. The zero-order valence-electron chi connectivity index (χ0n) is 31.2. The van der Waals surface area contributed by atoms with Gasteiger partial charge in [-0.15, -0.1) is 0 Å². The smallest absolute Gasteiger partial charge is 0.315 e. The third-order valence-corrected chi connectivity index (χ3v) is 14.5. The highest BCUT2D eigenvalue weighted by atomic mass is 32.2. The minimum Gasteiger partial charge on any atom is -0.461 e. The summed E-state index contributed by atoms with van der Waals surface area (Å²) in [4.78, 5) is 50.4. The van der Waals surface area contributed by atoms with Crippen LogP contribution in [-0.2, 0) is 33.3 Å². The molecular weight excluding hydrogens is 671 g/mol. The van der Waals surface area contributed by atoms with Gasteiger partial charge in [0, 0.05) is 42.4 Å². The number of rotatable bonds is 18. The second kappa shape index (κ2) is 16.9. The van der Waals surface area contributed by atoms with Crippen LogP contribution in [0.5, 0.6) is 0 Å². The number of ether oxygens (including phenoxy) is 4. The van der Waals surface area contributed by atoms with Crippen LogP contribution in [0.25, 0.3) is 0 Å². The van der Waals surface area contributed by atoms with Crippen molar-refractivity contribution in [2.45, 2.75) is 122 Å². The molecule has 4 fully saturated rings. The number of allylic oxidation sites excluding steroid dienone is 1. The molecule has 2 saturated carbocycles. The molecule has 2 saturated heterocycles. The number of hydrogen-bond donors (Lipinski definition) is 3. The summed E-state index contributed by atoms with van der Waals surface area (Å²) in [5.41, 5.74) is 3.10. The maximum Gasteiger partial charge on any atom is 0.315 e. The Balaban J connectivity index is 0.784. The summed E-state index contributed by atoms with van der Waals surface area (Å²) in [6.07, 6.45) is 9.48. The zero-order chi connectivity index (χ0) is 36.2. The van der Waals surface area contributed by atoms with Crippen molar-refractivity contribution in [3.05, 3.63) is 11.1 Å². The molecule has 51 heavy (non-hydrogen) atoms. The number of Topliss-reactive ketones (excluding diaryl/α,β-unsaturated/α-hetero) is 1. The van der Waals surface area contributed by atoms with Gasteiger partial charge in [0.1, 0.15) is 11.9 Å². The maximum atomic E-state index is 13.7. The molecule has 11 nitrogen and oxygen atoms in total. The van der Waals surface area contributed by atoms with Gasteiger partial charge in [-0.25, -0.2) is 4.79 Å². The van der Waals surface area contributed by atoms with Gasteiger partial charge in [-0.1, -0.05) is 45.3 Å². The largest absolute Gasteiger partial charge is 0.461 e. The van der Waals surface area contributed by atoms with E-state index in [-0.39, 0.29) is 83.5 Å². The van der Waals surface area contributed by atoms with Crippen LogP contribution >= 0.6 is 11.8 Å². The lowest BCUT2D eigenvalue weighted by molar-refractivity contribution is -0.155. The molecule has 0 aromatic carbocycles. The second-order valence-electron chi connectivity index (χ2n) is 16.7. The van der Waals surface area contributed by atoms with Crippen LogP contribution in [0.2, 0.25) is 0 Å². The zero-order valence-corrected chi connectivity index (χ0v) is 32.0. The number of urea groups is 1. The average molecular weight is 732 g/mol. The molecule has 0 spiro atoms. The molecule has 1 unspecified atom stereocenters. The first-order valence-corrected chi connectivity index (χ1v) is 20.7. The minimum atomic E-state index is -0.352. The molecule has 2 aliphatic heterocycles. The van der Waals surface area contributed by atoms with Gasteiger partial charge < -0.3 is 34.9 Å². The van der Waals surface area contributed by atoms with E-state index in [1.165, 1.54) is 30.4 Å².